The SMILES string of the molecule is Nc1nc(-c2ccccc2)c(-c2ccc(O)c(Cl)c2)n2cc(-c3ccccc3)nc12. The van der Waals surface area contributed by atoms with Crippen molar-refractivity contribution in [3.8, 4) is 39.5 Å². The molecule has 0 radical (unpaired) electrons. The van der Waals surface area contributed by atoms with Gasteiger partial charge in [-0.2, -0.15) is 0 Å². The van der Waals surface area contributed by atoms with Crippen LogP contribution in [0.3, 0.4) is 0 Å². The van der Waals surface area contributed by atoms with Crippen LogP contribution in [0.5, 0.6) is 5.75 Å². The smallest absolute Gasteiger partial charge is 0.181 e. The summed E-state index contributed by atoms with van der Waals surface area (Å²) in [7, 11) is 0. The number of hydrogen-bond donors (Lipinski definition) is 2. The molecule has 2 aromatic heterocycles. The highest BCUT2D eigenvalue weighted by atomic mass is 35.5. The van der Waals surface area contributed by atoms with Crippen LogP contribution in [0.4, 0.5) is 5.82 Å². The number of fused-ring (bicyclic) bond motifs is 1. The predicted octanol–water partition coefficient (Wildman–Crippen LogP) is 5.67. The molecule has 2 heterocycles. The molecule has 0 bridgehead atoms. The summed E-state index contributed by atoms with van der Waals surface area (Å²) in [5.74, 6) is 0.363. The second-order valence-corrected chi connectivity index (χ2v) is 7.32. The third kappa shape index (κ3) is 3.06. The molecule has 0 saturated carbocycles. The van der Waals surface area contributed by atoms with Crippen molar-refractivity contribution < 1.29 is 5.11 Å². The van der Waals surface area contributed by atoms with Gasteiger partial charge in [-0.3, -0.25) is 4.40 Å². The Kier molecular flexibility index (Phi) is 4.38. The quantitative estimate of drug-likeness (QED) is 0.400. The maximum Gasteiger partial charge on any atom is 0.181 e. The summed E-state index contributed by atoms with van der Waals surface area (Å²) < 4.78 is 1.94. The molecule has 0 unspecified atom stereocenters. The third-order valence-electron chi connectivity index (χ3n) is 4.97. The van der Waals surface area contributed by atoms with E-state index in [1.54, 1.807) is 12.1 Å². The Balaban J connectivity index is 1.86. The van der Waals surface area contributed by atoms with E-state index >= 15 is 0 Å². The van der Waals surface area contributed by atoms with Crippen molar-refractivity contribution in [2.45, 2.75) is 0 Å². The lowest BCUT2D eigenvalue weighted by atomic mass is 10.0. The molecule has 0 aliphatic rings. The van der Waals surface area contributed by atoms with Crippen LogP contribution in [0.2, 0.25) is 5.02 Å². The third-order valence-corrected chi connectivity index (χ3v) is 5.27. The van der Waals surface area contributed by atoms with Crippen molar-refractivity contribution >= 4 is 23.1 Å². The first-order chi connectivity index (χ1) is 14.6. The Morgan fingerprint density at radius 2 is 1.47 bits per heavy atom. The zero-order chi connectivity index (χ0) is 20.7. The van der Waals surface area contributed by atoms with Crippen LogP contribution in [0.1, 0.15) is 0 Å². The van der Waals surface area contributed by atoms with E-state index < -0.39 is 0 Å². The molecule has 6 heteroatoms. The Hall–Kier alpha value is -3.83. The number of benzene rings is 3. The minimum Gasteiger partial charge on any atom is -0.506 e. The number of phenolic OH excluding ortho intramolecular Hbond substituents is 1. The van der Waals surface area contributed by atoms with E-state index in [9.17, 15) is 5.11 Å². The number of anilines is 1. The number of imidazole rings is 1. The van der Waals surface area contributed by atoms with Gasteiger partial charge in [-0.15, -0.1) is 0 Å². The maximum absolute atomic E-state index is 9.90. The van der Waals surface area contributed by atoms with Gasteiger partial charge >= 0.3 is 0 Å². The standard InChI is InChI=1S/C24H17ClN4O/c25-18-13-17(11-12-20(18)30)22-21(16-9-5-2-6-10-16)28-23(26)24-27-19(14-29(22)24)15-7-3-1-4-8-15/h1-14,30H,(H2,26,28). The van der Waals surface area contributed by atoms with Crippen molar-refractivity contribution in [2.24, 2.45) is 0 Å². The Morgan fingerprint density at radius 3 is 2.13 bits per heavy atom. The number of nitrogens with two attached hydrogens (primary N) is 1. The normalized spacial score (nSPS) is 11.1. The fourth-order valence-electron chi connectivity index (χ4n) is 3.54. The van der Waals surface area contributed by atoms with Gasteiger partial charge in [0, 0.05) is 22.9 Å². The molecule has 5 nitrogen and oxygen atoms in total. The van der Waals surface area contributed by atoms with E-state index in [1.807, 2.05) is 77.3 Å². The summed E-state index contributed by atoms with van der Waals surface area (Å²) in [6.45, 7) is 0. The topological polar surface area (TPSA) is 76.4 Å². The van der Waals surface area contributed by atoms with Gasteiger partial charge < -0.3 is 10.8 Å². The van der Waals surface area contributed by atoms with Gasteiger partial charge in [-0.05, 0) is 18.2 Å². The summed E-state index contributed by atoms with van der Waals surface area (Å²) in [6.07, 6.45) is 1.95. The van der Waals surface area contributed by atoms with Crippen molar-refractivity contribution in [3.63, 3.8) is 0 Å². The molecule has 0 fully saturated rings. The summed E-state index contributed by atoms with van der Waals surface area (Å²) in [6, 6.07) is 24.8. The van der Waals surface area contributed by atoms with Crippen LogP contribution in [-0.2, 0) is 0 Å². The monoisotopic (exact) mass is 412 g/mol. The summed E-state index contributed by atoms with van der Waals surface area (Å²) >= 11 is 6.23. The van der Waals surface area contributed by atoms with Crippen LogP contribution in [-0.4, -0.2) is 19.5 Å². The highest BCUT2D eigenvalue weighted by molar-refractivity contribution is 6.32. The summed E-state index contributed by atoms with van der Waals surface area (Å²) in [5.41, 5.74) is 11.9. The van der Waals surface area contributed by atoms with Crippen LogP contribution < -0.4 is 5.73 Å². The van der Waals surface area contributed by atoms with E-state index in [4.69, 9.17) is 27.3 Å². The maximum atomic E-state index is 9.90. The summed E-state index contributed by atoms with van der Waals surface area (Å²) in [4.78, 5) is 9.43. The predicted molar refractivity (Wildman–Crippen MR) is 120 cm³/mol. The first-order valence-corrected chi connectivity index (χ1v) is 9.78. The fraction of sp³-hybridized carbons (Fsp3) is 0. The van der Waals surface area contributed by atoms with Crippen LogP contribution in [0.25, 0.3) is 39.4 Å². The largest absolute Gasteiger partial charge is 0.506 e. The van der Waals surface area contributed by atoms with Crippen LogP contribution in [0, 0.1) is 0 Å². The number of aromatic nitrogens is 3. The number of hydrogen-bond acceptors (Lipinski definition) is 4. The van der Waals surface area contributed by atoms with Crippen molar-refractivity contribution in [1.82, 2.24) is 14.4 Å². The van der Waals surface area contributed by atoms with Crippen LogP contribution in [0.15, 0.2) is 85.1 Å². The lowest BCUT2D eigenvalue weighted by molar-refractivity contribution is 0.475. The van der Waals surface area contributed by atoms with E-state index in [-0.39, 0.29) is 10.8 Å². The average molecular weight is 413 g/mol. The van der Waals surface area contributed by atoms with Gasteiger partial charge in [-0.25, -0.2) is 9.97 Å². The fourth-order valence-corrected chi connectivity index (χ4v) is 3.72. The van der Waals surface area contributed by atoms with Gasteiger partial charge in [-0.1, -0.05) is 72.3 Å². The molecule has 0 aliphatic heterocycles. The Labute approximate surface area is 178 Å². The van der Waals surface area contributed by atoms with Crippen molar-refractivity contribution in [2.75, 3.05) is 5.73 Å². The molecule has 146 valence electrons. The second-order valence-electron chi connectivity index (χ2n) is 6.91. The van der Waals surface area contributed by atoms with E-state index in [2.05, 4.69) is 0 Å². The van der Waals surface area contributed by atoms with Gasteiger partial charge in [0.15, 0.2) is 11.5 Å². The first kappa shape index (κ1) is 18.2. The molecule has 3 N–H and O–H groups in total. The minimum absolute atomic E-state index is 0.0249. The molecule has 0 saturated heterocycles. The zero-order valence-electron chi connectivity index (χ0n) is 15.8. The van der Waals surface area contributed by atoms with E-state index in [1.165, 1.54) is 0 Å². The molecule has 3 aromatic carbocycles. The van der Waals surface area contributed by atoms with Crippen LogP contribution >= 0.6 is 11.6 Å². The Bertz CT molecular complexity index is 1360. The number of halogens is 1. The van der Waals surface area contributed by atoms with E-state index in [0.717, 1.165) is 28.1 Å². The molecule has 5 aromatic rings. The molecule has 5 rings (SSSR count). The zero-order valence-corrected chi connectivity index (χ0v) is 16.6. The lowest BCUT2D eigenvalue weighted by Gasteiger charge is -2.14. The molecule has 0 aliphatic carbocycles. The molecule has 0 atom stereocenters. The Morgan fingerprint density at radius 1 is 0.800 bits per heavy atom. The number of rotatable bonds is 3. The van der Waals surface area contributed by atoms with Crippen molar-refractivity contribution in [1.29, 1.82) is 0 Å². The molecule has 0 amide bonds. The molecule has 0 spiro atoms. The van der Waals surface area contributed by atoms with Gasteiger partial charge in [0.25, 0.3) is 0 Å². The van der Waals surface area contributed by atoms with Gasteiger partial charge in [0.2, 0.25) is 0 Å². The average Bonchev–Trinajstić information content (AvgIpc) is 3.23. The van der Waals surface area contributed by atoms with Crippen molar-refractivity contribution in [3.05, 3.63) is 90.1 Å². The molecular weight excluding hydrogens is 396 g/mol. The molecular formula is C24H17ClN4O. The van der Waals surface area contributed by atoms with Gasteiger partial charge in [0.1, 0.15) is 5.75 Å². The minimum atomic E-state index is 0.0249. The first-order valence-electron chi connectivity index (χ1n) is 9.40. The number of aromatic hydroxyl groups is 1. The second kappa shape index (κ2) is 7.21. The number of nitrogen functional groups attached to an aromatic ring is 1. The lowest BCUT2D eigenvalue weighted by Crippen LogP contribution is -2.03. The highest BCUT2D eigenvalue weighted by Crippen LogP contribution is 2.37. The number of nitrogens with zero attached hydrogens (tertiary/aromatic N) is 3. The van der Waals surface area contributed by atoms with E-state index in [0.29, 0.717) is 17.2 Å². The molecule has 30 heavy (non-hydrogen) atoms. The number of phenols is 1. The summed E-state index contributed by atoms with van der Waals surface area (Å²) in [5, 5.41) is 10.2. The highest BCUT2D eigenvalue weighted by Gasteiger charge is 2.19. The van der Waals surface area contributed by atoms with Gasteiger partial charge in [0.05, 0.1) is 22.1 Å².